The fourth-order valence-electron chi connectivity index (χ4n) is 2.70. The molecule has 1 N–H and O–H groups in total. The normalized spacial score (nSPS) is 24.9. The Balaban J connectivity index is 2.08. The Labute approximate surface area is 124 Å². The summed E-state index contributed by atoms with van der Waals surface area (Å²) in [5.41, 5.74) is 0.465. The Bertz CT molecular complexity index is 488. The zero-order valence-electron chi connectivity index (χ0n) is 12.7. The number of morpholine rings is 1. The molecule has 2 rings (SSSR count). The van der Waals surface area contributed by atoms with E-state index in [4.69, 9.17) is 14.4 Å². The molecule has 6 nitrogen and oxygen atoms in total. The molecule has 0 radical (unpaired) electrons. The van der Waals surface area contributed by atoms with Gasteiger partial charge in [0.05, 0.1) is 30.1 Å². The van der Waals surface area contributed by atoms with Gasteiger partial charge in [-0.15, -0.1) is 0 Å². The fourth-order valence-corrected chi connectivity index (χ4v) is 2.70. The van der Waals surface area contributed by atoms with Crippen molar-refractivity contribution >= 4 is 11.6 Å². The molecule has 3 atom stereocenters. The van der Waals surface area contributed by atoms with Gasteiger partial charge in [-0.25, -0.2) is 0 Å². The van der Waals surface area contributed by atoms with Gasteiger partial charge in [0, 0.05) is 19.5 Å². The third kappa shape index (κ3) is 3.85. The number of carbonyl (C=O) groups excluding carboxylic acids is 1. The lowest BCUT2D eigenvalue weighted by atomic mass is 9.96. The van der Waals surface area contributed by atoms with E-state index in [9.17, 15) is 4.79 Å². The van der Waals surface area contributed by atoms with E-state index in [0.29, 0.717) is 24.6 Å². The first-order chi connectivity index (χ1) is 10.0. The van der Waals surface area contributed by atoms with E-state index in [-0.39, 0.29) is 30.5 Å². The van der Waals surface area contributed by atoms with E-state index in [1.165, 1.54) is 0 Å². The van der Waals surface area contributed by atoms with Crippen LogP contribution < -0.4 is 0 Å². The Morgan fingerprint density at radius 3 is 2.67 bits per heavy atom. The van der Waals surface area contributed by atoms with Gasteiger partial charge in [0.15, 0.2) is 0 Å². The number of rotatable bonds is 4. The molecule has 1 saturated heterocycles. The summed E-state index contributed by atoms with van der Waals surface area (Å²) >= 11 is 0. The lowest BCUT2D eigenvalue weighted by molar-refractivity contribution is -0.143. The summed E-state index contributed by atoms with van der Waals surface area (Å²) in [5.74, 6) is 0.306. The average molecular weight is 294 g/mol. The van der Waals surface area contributed by atoms with Crippen LogP contribution in [0.3, 0.4) is 0 Å². The average Bonchev–Trinajstić information content (AvgIpc) is 2.96. The predicted octanol–water partition coefficient (Wildman–Crippen LogP) is 2.24. The highest BCUT2D eigenvalue weighted by Crippen LogP contribution is 2.24. The van der Waals surface area contributed by atoms with Gasteiger partial charge >= 0.3 is 0 Å². The zero-order chi connectivity index (χ0) is 15.4. The van der Waals surface area contributed by atoms with Gasteiger partial charge in [-0.3, -0.25) is 4.79 Å². The van der Waals surface area contributed by atoms with Crippen LogP contribution in [0, 0.1) is 0 Å². The summed E-state index contributed by atoms with van der Waals surface area (Å²) in [5, 5.41) is 12.2. The fraction of sp³-hybridized carbons (Fsp3) is 0.600. The van der Waals surface area contributed by atoms with E-state index >= 15 is 0 Å². The van der Waals surface area contributed by atoms with Crippen molar-refractivity contribution in [2.24, 2.45) is 5.16 Å². The van der Waals surface area contributed by atoms with Gasteiger partial charge in [0.1, 0.15) is 5.76 Å². The maximum absolute atomic E-state index is 12.5. The molecule has 0 aliphatic carbocycles. The minimum atomic E-state index is -0.342. The quantitative estimate of drug-likeness (QED) is 0.525. The van der Waals surface area contributed by atoms with E-state index < -0.39 is 0 Å². The lowest BCUT2D eigenvalue weighted by Gasteiger charge is -2.35. The summed E-state index contributed by atoms with van der Waals surface area (Å²) < 4.78 is 11.0. The SMILES string of the molecule is C/C(=N\O)C(CC(=O)N1CC(C)OC(C)C1)c1ccco1. The molecular weight excluding hydrogens is 272 g/mol. The van der Waals surface area contributed by atoms with E-state index in [2.05, 4.69) is 5.16 Å². The Morgan fingerprint density at radius 1 is 1.48 bits per heavy atom. The standard InChI is InChI=1S/C15H22N2O4/c1-10-8-17(9-11(2)21-10)15(18)7-13(12(3)16-19)14-5-4-6-20-14/h4-6,10-11,13,19H,7-9H2,1-3H3/b16-12+. The van der Waals surface area contributed by atoms with Crippen molar-refractivity contribution in [1.82, 2.24) is 4.90 Å². The number of amides is 1. The second kappa shape index (κ2) is 6.76. The van der Waals surface area contributed by atoms with E-state index in [1.54, 1.807) is 30.2 Å². The van der Waals surface area contributed by atoms with E-state index in [1.807, 2.05) is 13.8 Å². The lowest BCUT2D eigenvalue weighted by Crippen LogP contribution is -2.48. The van der Waals surface area contributed by atoms with Crippen LogP contribution in [0.1, 0.15) is 38.9 Å². The van der Waals surface area contributed by atoms with Crippen LogP contribution in [0.2, 0.25) is 0 Å². The van der Waals surface area contributed by atoms with Crippen LogP contribution in [0.4, 0.5) is 0 Å². The molecule has 0 spiro atoms. The van der Waals surface area contributed by atoms with Crippen molar-refractivity contribution in [1.29, 1.82) is 0 Å². The number of carbonyl (C=O) groups is 1. The van der Waals surface area contributed by atoms with Gasteiger partial charge in [0.25, 0.3) is 0 Å². The molecule has 1 aliphatic rings. The van der Waals surface area contributed by atoms with Crippen LogP contribution in [0.5, 0.6) is 0 Å². The molecule has 6 heteroatoms. The molecule has 1 aromatic heterocycles. The molecule has 1 amide bonds. The first-order valence-electron chi connectivity index (χ1n) is 7.16. The minimum absolute atomic E-state index is 0.0152. The number of oxime groups is 1. The van der Waals surface area contributed by atoms with Crippen molar-refractivity contribution in [2.45, 2.75) is 45.3 Å². The predicted molar refractivity (Wildman–Crippen MR) is 77.6 cm³/mol. The molecule has 0 bridgehead atoms. The number of nitrogens with zero attached hydrogens (tertiary/aromatic N) is 2. The minimum Gasteiger partial charge on any atom is -0.469 e. The molecule has 1 aromatic rings. The maximum atomic E-state index is 12.5. The van der Waals surface area contributed by atoms with Gasteiger partial charge in [-0.2, -0.15) is 0 Å². The van der Waals surface area contributed by atoms with Gasteiger partial charge in [0.2, 0.25) is 5.91 Å². The first-order valence-corrected chi connectivity index (χ1v) is 7.16. The summed E-state index contributed by atoms with van der Waals surface area (Å²) in [7, 11) is 0. The maximum Gasteiger partial charge on any atom is 0.223 e. The molecule has 116 valence electrons. The Kier molecular flexibility index (Phi) is 5.01. The second-order valence-corrected chi connectivity index (χ2v) is 5.57. The highest BCUT2D eigenvalue weighted by molar-refractivity contribution is 5.92. The van der Waals surface area contributed by atoms with Crippen molar-refractivity contribution in [2.75, 3.05) is 13.1 Å². The number of ether oxygens (including phenoxy) is 1. The highest BCUT2D eigenvalue weighted by atomic mass is 16.5. The van der Waals surface area contributed by atoms with Crippen molar-refractivity contribution < 1.29 is 19.2 Å². The molecule has 0 saturated carbocycles. The molecular formula is C15H22N2O4. The topological polar surface area (TPSA) is 75.3 Å². The van der Waals surface area contributed by atoms with Crippen LogP contribution in [0.25, 0.3) is 0 Å². The highest BCUT2D eigenvalue weighted by Gasteiger charge is 2.29. The first kappa shape index (κ1) is 15.6. The smallest absolute Gasteiger partial charge is 0.223 e. The molecule has 21 heavy (non-hydrogen) atoms. The number of hydrogen-bond donors (Lipinski definition) is 1. The van der Waals surface area contributed by atoms with Crippen molar-refractivity contribution in [3.63, 3.8) is 0 Å². The van der Waals surface area contributed by atoms with Crippen LogP contribution in [-0.4, -0.2) is 47.0 Å². The number of furan rings is 1. The zero-order valence-corrected chi connectivity index (χ0v) is 12.7. The molecule has 1 aliphatic heterocycles. The number of hydrogen-bond acceptors (Lipinski definition) is 5. The summed E-state index contributed by atoms with van der Waals surface area (Å²) in [6.45, 7) is 6.78. The van der Waals surface area contributed by atoms with Crippen molar-refractivity contribution in [3.05, 3.63) is 24.2 Å². The second-order valence-electron chi connectivity index (χ2n) is 5.57. The van der Waals surface area contributed by atoms with Crippen LogP contribution >= 0.6 is 0 Å². The Morgan fingerprint density at radius 2 is 2.14 bits per heavy atom. The summed E-state index contributed by atoms with van der Waals surface area (Å²) in [6, 6.07) is 3.55. The monoisotopic (exact) mass is 294 g/mol. The van der Waals surface area contributed by atoms with Crippen LogP contribution in [-0.2, 0) is 9.53 Å². The van der Waals surface area contributed by atoms with Crippen molar-refractivity contribution in [3.8, 4) is 0 Å². The molecule has 0 aromatic carbocycles. The third-order valence-electron chi connectivity index (χ3n) is 3.70. The van der Waals surface area contributed by atoms with Gasteiger partial charge in [-0.1, -0.05) is 5.16 Å². The van der Waals surface area contributed by atoms with Crippen LogP contribution in [0.15, 0.2) is 28.0 Å². The van der Waals surface area contributed by atoms with Gasteiger partial charge < -0.3 is 19.3 Å². The largest absolute Gasteiger partial charge is 0.469 e. The summed E-state index contributed by atoms with van der Waals surface area (Å²) in [6.07, 6.45) is 1.85. The van der Waals surface area contributed by atoms with E-state index in [0.717, 1.165) is 0 Å². The summed E-state index contributed by atoms with van der Waals surface area (Å²) in [4.78, 5) is 14.3. The molecule has 1 fully saturated rings. The Hall–Kier alpha value is -1.82. The van der Waals surface area contributed by atoms with Gasteiger partial charge in [-0.05, 0) is 32.9 Å². The molecule has 3 unspecified atom stereocenters. The third-order valence-corrected chi connectivity index (χ3v) is 3.70. The molecule has 2 heterocycles.